The topological polar surface area (TPSA) is 132 Å². The zero-order chi connectivity index (χ0) is 25.0. The summed E-state index contributed by atoms with van der Waals surface area (Å²) in [6.45, 7) is 4.62. The van der Waals surface area contributed by atoms with Crippen molar-refractivity contribution < 1.29 is 13.3 Å². The van der Waals surface area contributed by atoms with Crippen molar-refractivity contribution in [3.63, 3.8) is 0 Å². The first-order chi connectivity index (χ1) is 16.7. The zero-order valence-corrected chi connectivity index (χ0v) is 20.0. The average Bonchev–Trinajstić information content (AvgIpc) is 3.33. The predicted octanol–water partition coefficient (Wildman–Crippen LogP) is 4.26. The molecule has 10 nitrogen and oxygen atoms in total. The third-order valence-corrected chi connectivity index (χ3v) is 6.78. The van der Waals surface area contributed by atoms with E-state index in [1.807, 2.05) is 37.3 Å². The van der Waals surface area contributed by atoms with Crippen LogP contribution in [0.4, 0.5) is 17.1 Å². The van der Waals surface area contributed by atoms with Gasteiger partial charge in [0.05, 0.1) is 22.1 Å². The second-order valence-electron chi connectivity index (χ2n) is 8.12. The Bertz CT molecular complexity index is 1450. The Morgan fingerprint density at radius 3 is 2.34 bits per heavy atom. The number of hydrogen-bond donors (Lipinski definition) is 2. The summed E-state index contributed by atoms with van der Waals surface area (Å²) < 4.78 is 30.0. The lowest BCUT2D eigenvalue weighted by molar-refractivity contribution is -0.384. The number of benzene rings is 3. The number of nitro groups is 1. The van der Waals surface area contributed by atoms with Crippen LogP contribution in [-0.2, 0) is 23.1 Å². The maximum absolute atomic E-state index is 12.9. The van der Waals surface area contributed by atoms with Crippen molar-refractivity contribution in [1.82, 2.24) is 14.8 Å². The van der Waals surface area contributed by atoms with Crippen molar-refractivity contribution in [3.8, 4) is 0 Å². The number of aromatic nitrogens is 3. The molecule has 0 fully saturated rings. The van der Waals surface area contributed by atoms with E-state index in [-0.39, 0.29) is 16.3 Å². The van der Waals surface area contributed by atoms with Crippen LogP contribution < -0.4 is 10.0 Å². The minimum atomic E-state index is -4.01. The summed E-state index contributed by atoms with van der Waals surface area (Å²) in [7, 11) is -4.01. The molecule has 2 N–H and O–H groups in total. The normalized spacial score (nSPS) is 11.3. The molecule has 1 heterocycles. The Morgan fingerprint density at radius 2 is 1.69 bits per heavy atom. The second kappa shape index (κ2) is 9.94. The first-order valence-electron chi connectivity index (χ1n) is 10.7. The molecule has 0 aliphatic rings. The summed E-state index contributed by atoms with van der Waals surface area (Å²) in [5.41, 5.74) is 4.04. The molecule has 0 amide bonds. The zero-order valence-electron chi connectivity index (χ0n) is 19.2. The van der Waals surface area contributed by atoms with Crippen LogP contribution in [0, 0.1) is 24.0 Å². The summed E-state index contributed by atoms with van der Waals surface area (Å²) in [5.74, 6) is 0. The number of rotatable bonds is 9. The van der Waals surface area contributed by atoms with Gasteiger partial charge in [0.25, 0.3) is 15.7 Å². The molecule has 0 radical (unpaired) electrons. The minimum absolute atomic E-state index is 0.188. The minimum Gasteiger partial charge on any atom is -0.375 e. The highest BCUT2D eigenvalue weighted by Gasteiger charge is 2.22. The molecule has 3 aromatic carbocycles. The predicted molar refractivity (Wildman–Crippen MR) is 133 cm³/mol. The van der Waals surface area contributed by atoms with E-state index in [1.54, 1.807) is 30.1 Å². The standard InChI is InChI=1S/C24H24N6O4S/c1-17-3-9-22(18(2)11-17)28-35(33,34)21-8-10-23(24(12-21)30(31)32)26-13-19-4-6-20(7-5-19)14-29-16-25-15-27-29/h3-12,15-16,26,28H,13-14H2,1-2H3. The maximum atomic E-state index is 12.9. The van der Waals surface area contributed by atoms with E-state index < -0.39 is 14.9 Å². The van der Waals surface area contributed by atoms with Gasteiger partial charge in [-0.05, 0) is 48.7 Å². The van der Waals surface area contributed by atoms with Crippen LogP contribution in [0.1, 0.15) is 22.3 Å². The van der Waals surface area contributed by atoms with Crippen molar-refractivity contribution in [3.05, 3.63) is 106 Å². The van der Waals surface area contributed by atoms with Gasteiger partial charge in [-0.25, -0.2) is 18.1 Å². The van der Waals surface area contributed by atoms with Crippen molar-refractivity contribution >= 4 is 27.1 Å². The number of nitrogens with zero attached hydrogens (tertiary/aromatic N) is 4. The van der Waals surface area contributed by atoms with Crippen molar-refractivity contribution in [2.45, 2.75) is 31.8 Å². The number of nitro benzene ring substituents is 1. The Kier molecular flexibility index (Phi) is 6.78. The van der Waals surface area contributed by atoms with Gasteiger partial charge in [0.1, 0.15) is 18.3 Å². The fourth-order valence-electron chi connectivity index (χ4n) is 3.57. The van der Waals surface area contributed by atoms with Crippen LogP contribution in [0.15, 0.2) is 78.2 Å². The van der Waals surface area contributed by atoms with E-state index in [0.29, 0.717) is 18.8 Å². The quantitative estimate of drug-likeness (QED) is 0.263. The maximum Gasteiger partial charge on any atom is 0.293 e. The molecular weight excluding hydrogens is 468 g/mol. The number of aryl methyl sites for hydroxylation is 2. The molecule has 0 aliphatic carbocycles. The van der Waals surface area contributed by atoms with Crippen molar-refractivity contribution in [1.29, 1.82) is 0 Å². The van der Waals surface area contributed by atoms with Crippen LogP contribution in [0.3, 0.4) is 0 Å². The molecule has 4 aromatic rings. The molecule has 0 atom stereocenters. The fourth-order valence-corrected chi connectivity index (χ4v) is 4.72. The van der Waals surface area contributed by atoms with Gasteiger partial charge in [-0.15, -0.1) is 0 Å². The highest BCUT2D eigenvalue weighted by atomic mass is 32.2. The lowest BCUT2D eigenvalue weighted by Crippen LogP contribution is -2.14. The van der Waals surface area contributed by atoms with E-state index in [4.69, 9.17) is 0 Å². The molecule has 0 unspecified atom stereocenters. The number of anilines is 2. The first kappa shape index (κ1) is 23.9. The van der Waals surface area contributed by atoms with Crippen LogP contribution in [0.25, 0.3) is 0 Å². The third kappa shape index (κ3) is 5.82. The smallest absolute Gasteiger partial charge is 0.293 e. The van der Waals surface area contributed by atoms with Crippen molar-refractivity contribution in [2.24, 2.45) is 0 Å². The molecule has 4 rings (SSSR count). The lowest BCUT2D eigenvalue weighted by Gasteiger charge is -2.13. The molecule has 1 aromatic heterocycles. The first-order valence-corrected chi connectivity index (χ1v) is 12.2. The number of hydrogen-bond acceptors (Lipinski definition) is 7. The third-order valence-electron chi connectivity index (χ3n) is 5.42. The van der Waals surface area contributed by atoms with Gasteiger partial charge < -0.3 is 5.32 Å². The van der Waals surface area contributed by atoms with Gasteiger partial charge in [-0.3, -0.25) is 14.8 Å². The van der Waals surface area contributed by atoms with Gasteiger partial charge in [0.15, 0.2) is 0 Å². The molecule has 0 saturated carbocycles. The van der Waals surface area contributed by atoms with E-state index >= 15 is 0 Å². The van der Waals surface area contributed by atoms with Crippen LogP contribution in [-0.4, -0.2) is 28.1 Å². The molecule has 0 bridgehead atoms. The highest BCUT2D eigenvalue weighted by Crippen LogP contribution is 2.29. The Labute approximate surface area is 202 Å². The van der Waals surface area contributed by atoms with Gasteiger partial charge in [0, 0.05) is 12.6 Å². The molecule has 0 aliphatic heterocycles. The Balaban J connectivity index is 1.48. The molecular formula is C24H24N6O4S. The summed E-state index contributed by atoms with van der Waals surface area (Å²) in [5, 5.41) is 18.8. The molecule has 0 saturated heterocycles. The van der Waals surface area contributed by atoms with Crippen LogP contribution >= 0.6 is 0 Å². The molecule has 0 spiro atoms. The highest BCUT2D eigenvalue weighted by molar-refractivity contribution is 7.92. The lowest BCUT2D eigenvalue weighted by atomic mass is 10.1. The molecule has 180 valence electrons. The Hall–Kier alpha value is -4.25. The second-order valence-corrected chi connectivity index (χ2v) is 9.81. The van der Waals surface area contributed by atoms with Gasteiger partial charge >= 0.3 is 0 Å². The number of sulfonamides is 1. The van der Waals surface area contributed by atoms with Gasteiger partial charge in [-0.1, -0.05) is 42.0 Å². The van der Waals surface area contributed by atoms with Gasteiger partial charge in [0.2, 0.25) is 0 Å². The fraction of sp³-hybridized carbons (Fsp3) is 0.167. The molecule has 11 heteroatoms. The van der Waals surface area contributed by atoms with E-state index in [1.165, 1.54) is 18.5 Å². The monoisotopic (exact) mass is 492 g/mol. The van der Waals surface area contributed by atoms with E-state index in [2.05, 4.69) is 20.1 Å². The largest absolute Gasteiger partial charge is 0.375 e. The van der Waals surface area contributed by atoms with Gasteiger partial charge in [-0.2, -0.15) is 5.10 Å². The van der Waals surface area contributed by atoms with Crippen LogP contribution in [0.2, 0.25) is 0 Å². The van der Waals surface area contributed by atoms with Crippen LogP contribution in [0.5, 0.6) is 0 Å². The SMILES string of the molecule is Cc1ccc(NS(=O)(=O)c2ccc(NCc3ccc(Cn4cncn4)cc3)c([N+](=O)[O-])c2)c(C)c1. The van der Waals surface area contributed by atoms with Crippen molar-refractivity contribution in [2.75, 3.05) is 10.0 Å². The summed E-state index contributed by atoms with van der Waals surface area (Å²) in [6.07, 6.45) is 3.11. The van der Waals surface area contributed by atoms with E-state index in [9.17, 15) is 18.5 Å². The molecule has 35 heavy (non-hydrogen) atoms. The summed E-state index contributed by atoms with van der Waals surface area (Å²) in [6, 6.07) is 16.9. The number of nitrogens with one attached hydrogen (secondary N) is 2. The van der Waals surface area contributed by atoms with E-state index in [0.717, 1.165) is 28.3 Å². The average molecular weight is 493 g/mol. The Morgan fingerprint density at radius 1 is 0.971 bits per heavy atom. The summed E-state index contributed by atoms with van der Waals surface area (Å²) in [4.78, 5) is 14.8. The summed E-state index contributed by atoms with van der Waals surface area (Å²) >= 11 is 0.